The van der Waals surface area contributed by atoms with Crippen LogP contribution in [0.25, 0.3) is 0 Å². The minimum absolute atomic E-state index is 0.176. The van der Waals surface area contributed by atoms with Gasteiger partial charge in [0.25, 0.3) is 0 Å². The first kappa shape index (κ1) is 20.4. The second-order valence-electron chi connectivity index (χ2n) is 4.09. The lowest BCUT2D eigenvalue weighted by Gasteiger charge is -2.18. The maximum Gasteiger partial charge on any atom is 0.330 e. The first-order valence-corrected chi connectivity index (χ1v) is 6.26. The van der Waals surface area contributed by atoms with E-state index in [9.17, 15) is 4.79 Å². The minimum atomic E-state index is -0.935. The van der Waals surface area contributed by atoms with Crippen molar-refractivity contribution in [3.8, 4) is 0 Å². The van der Waals surface area contributed by atoms with Gasteiger partial charge in [-0.3, -0.25) is 0 Å². The van der Waals surface area contributed by atoms with Crippen molar-refractivity contribution in [1.82, 2.24) is 0 Å². The van der Waals surface area contributed by atoms with Crippen LogP contribution in [0.15, 0.2) is 12.2 Å². The first-order chi connectivity index (χ1) is 8.74. The third-order valence-corrected chi connectivity index (χ3v) is 1.98. The fourth-order valence-electron chi connectivity index (χ4n) is 0.768. The molecule has 114 valence electrons. The maximum absolute atomic E-state index is 9.60. The van der Waals surface area contributed by atoms with Crippen LogP contribution < -0.4 is 0 Å². The summed E-state index contributed by atoms with van der Waals surface area (Å²) < 4.78 is 10.1. The largest absolute Gasteiger partial charge is 0.478 e. The number of carboxylic acids is 1. The first-order valence-electron chi connectivity index (χ1n) is 6.26. The SMILES string of the molecule is C=C(C)C(=O)O.CCC(O)OCC(C)OC(O)CC. The van der Waals surface area contributed by atoms with Gasteiger partial charge in [0, 0.05) is 5.57 Å². The van der Waals surface area contributed by atoms with E-state index in [1.807, 2.05) is 13.8 Å². The fourth-order valence-corrected chi connectivity index (χ4v) is 0.768. The van der Waals surface area contributed by atoms with E-state index < -0.39 is 18.5 Å². The van der Waals surface area contributed by atoms with Crippen LogP contribution in [0.1, 0.15) is 40.5 Å². The number of carbonyl (C=O) groups is 1. The van der Waals surface area contributed by atoms with E-state index in [0.29, 0.717) is 19.4 Å². The zero-order valence-corrected chi connectivity index (χ0v) is 12.1. The van der Waals surface area contributed by atoms with Gasteiger partial charge < -0.3 is 24.8 Å². The summed E-state index contributed by atoms with van der Waals surface area (Å²) in [6, 6.07) is 0. The van der Waals surface area contributed by atoms with Crippen LogP contribution >= 0.6 is 0 Å². The van der Waals surface area contributed by atoms with Crippen LogP contribution in [0.4, 0.5) is 0 Å². The average Bonchev–Trinajstić information content (AvgIpc) is 2.36. The van der Waals surface area contributed by atoms with Gasteiger partial charge in [-0.15, -0.1) is 0 Å². The van der Waals surface area contributed by atoms with E-state index in [0.717, 1.165) is 0 Å². The van der Waals surface area contributed by atoms with Crippen LogP contribution in [-0.2, 0) is 14.3 Å². The Labute approximate surface area is 114 Å². The third-order valence-electron chi connectivity index (χ3n) is 1.98. The monoisotopic (exact) mass is 278 g/mol. The zero-order chi connectivity index (χ0) is 15.4. The summed E-state index contributed by atoms with van der Waals surface area (Å²) in [6.07, 6.45) is -0.553. The summed E-state index contributed by atoms with van der Waals surface area (Å²) >= 11 is 0. The van der Waals surface area contributed by atoms with Crippen LogP contribution in [0.5, 0.6) is 0 Å². The number of aliphatic hydroxyl groups excluding tert-OH is 2. The molecule has 6 heteroatoms. The van der Waals surface area contributed by atoms with Crippen LogP contribution in [0.3, 0.4) is 0 Å². The van der Waals surface area contributed by atoms with E-state index in [-0.39, 0.29) is 11.7 Å². The van der Waals surface area contributed by atoms with E-state index >= 15 is 0 Å². The van der Waals surface area contributed by atoms with Crippen LogP contribution in [-0.4, -0.2) is 46.6 Å². The summed E-state index contributed by atoms with van der Waals surface area (Å²) in [7, 11) is 0. The Morgan fingerprint density at radius 3 is 1.95 bits per heavy atom. The predicted molar refractivity (Wildman–Crippen MR) is 71.5 cm³/mol. The number of ether oxygens (including phenoxy) is 2. The third kappa shape index (κ3) is 15.0. The smallest absolute Gasteiger partial charge is 0.330 e. The second-order valence-corrected chi connectivity index (χ2v) is 4.09. The van der Waals surface area contributed by atoms with E-state index in [1.54, 1.807) is 6.92 Å². The molecular formula is C13H26O6. The highest BCUT2D eigenvalue weighted by molar-refractivity contribution is 5.84. The molecule has 0 amide bonds. The van der Waals surface area contributed by atoms with Gasteiger partial charge in [-0.2, -0.15) is 0 Å². The van der Waals surface area contributed by atoms with Gasteiger partial charge in [-0.25, -0.2) is 4.79 Å². The number of aliphatic carboxylic acids is 1. The molecule has 0 aliphatic carbocycles. The predicted octanol–water partition coefficient (Wildman–Crippen LogP) is 1.51. The van der Waals surface area contributed by atoms with Gasteiger partial charge in [0.15, 0.2) is 12.6 Å². The Morgan fingerprint density at radius 2 is 1.63 bits per heavy atom. The number of aliphatic hydroxyl groups is 2. The molecule has 0 radical (unpaired) electrons. The second kappa shape index (κ2) is 12.1. The zero-order valence-electron chi connectivity index (χ0n) is 12.1. The Balaban J connectivity index is 0. The van der Waals surface area contributed by atoms with E-state index in [1.165, 1.54) is 6.92 Å². The lowest BCUT2D eigenvalue weighted by Crippen LogP contribution is -2.25. The molecule has 0 aromatic rings. The normalized spacial score (nSPS) is 14.8. The Bertz CT molecular complexity index is 242. The quantitative estimate of drug-likeness (QED) is 0.460. The van der Waals surface area contributed by atoms with Gasteiger partial charge in [0.1, 0.15) is 0 Å². The number of carboxylic acid groups (broad SMARTS) is 1. The van der Waals surface area contributed by atoms with Crippen molar-refractivity contribution >= 4 is 5.97 Å². The van der Waals surface area contributed by atoms with Crippen molar-refractivity contribution in [3.05, 3.63) is 12.2 Å². The van der Waals surface area contributed by atoms with Crippen molar-refractivity contribution < 1.29 is 29.6 Å². The molecule has 0 aromatic heterocycles. The molecule has 0 aliphatic heterocycles. The summed E-state index contributed by atoms with van der Waals surface area (Å²) in [6.45, 7) is 10.4. The van der Waals surface area contributed by atoms with Gasteiger partial charge in [0.05, 0.1) is 12.7 Å². The summed E-state index contributed by atoms with van der Waals surface area (Å²) in [5.41, 5.74) is 0.176. The molecule has 3 atom stereocenters. The van der Waals surface area contributed by atoms with Gasteiger partial charge in [-0.1, -0.05) is 20.4 Å². The molecule has 19 heavy (non-hydrogen) atoms. The fraction of sp³-hybridized carbons (Fsp3) is 0.769. The van der Waals surface area contributed by atoms with Crippen molar-refractivity contribution in [3.63, 3.8) is 0 Å². The molecular weight excluding hydrogens is 252 g/mol. The number of rotatable bonds is 8. The summed E-state index contributed by atoms with van der Waals surface area (Å²) in [5.74, 6) is -0.935. The molecule has 0 heterocycles. The van der Waals surface area contributed by atoms with Crippen molar-refractivity contribution in [2.24, 2.45) is 0 Å². The molecule has 0 saturated heterocycles. The Morgan fingerprint density at radius 1 is 1.21 bits per heavy atom. The molecule has 3 N–H and O–H groups in total. The molecule has 6 nitrogen and oxygen atoms in total. The highest BCUT2D eigenvalue weighted by Crippen LogP contribution is 2.02. The number of hydrogen-bond acceptors (Lipinski definition) is 5. The summed E-state index contributed by atoms with van der Waals surface area (Å²) in [5, 5.41) is 26.1. The molecule has 0 fully saturated rings. The molecule has 0 spiro atoms. The number of hydrogen-bond donors (Lipinski definition) is 3. The van der Waals surface area contributed by atoms with Gasteiger partial charge in [-0.05, 0) is 26.7 Å². The highest BCUT2D eigenvalue weighted by Gasteiger charge is 2.10. The standard InChI is InChI=1S/C9H20O4.C4H6O2/c1-4-8(10)12-6-7(3)13-9(11)5-2;1-3(2)4(5)6/h7-11H,4-6H2,1-3H3;1H2,2H3,(H,5,6). The molecule has 0 aromatic carbocycles. The highest BCUT2D eigenvalue weighted by atomic mass is 16.6. The van der Waals surface area contributed by atoms with E-state index in [4.69, 9.17) is 24.8 Å². The van der Waals surface area contributed by atoms with Gasteiger partial charge >= 0.3 is 5.97 Å². The maximum atomic E-state index is 9.60. The van der Waals surface area contributed by atoms with Crippen LogP contribution in [0.2, 0.25) is 0 Å². The Hall–Kier alpha value is -0.950. The summed E-state index contributed by atoms with van der Waals surface area (Å²) in [4.78, 5) is 9.60. The average molecular weight is 278 g/mol. The topological polar surface area (TPSA) is 96.2 Å². The lowest BCUT2D eigenvalue weighted by molar-refractivity contribution is -0.176. The van der Waals surface area contributed by atoms with Crippen LogP contribution in [0, 0.1) is 0 Å². The lowest BCUT2D eigenvalue weighted by atomic mass is 10.4. The van der Waals surface area contributed by atoms with Crippen molar-refractivity contribution in [2.45, 2.75) is 59.2 Å². The molecule has 0 saturated carbocycles. The minimum Gasteiger partial charge on any atom is -0.478 e. The van der Waals surface area contributed by atoms with E-state index in [2.05, 4.69) is 6.58 Å². The van der Waals surface area contributed by atoms with Gasteiger partial charge in [0.2, 0.25) is 0 Å². The molecule has 3 unspecified atom stereocenters. The molecule has 0 rings (SSSR count). The van der Waals surface area contributed by atoms with Crippen molar-refractivity contribution in [1.29, 1.82) is 0 Å². The Kier molecular flexibility index (Phi) is 13.0. The van der Waals surface area contributed by atoms with Crippen molar-refractivity contribution in [2.75, 3.05) is 6.61 Å². The molecule has 0 aliphatic rings. The molecule has 0 bridgehead atoms.